The van der Waals surface area contributed by atoms with Gasteiger partial charge < -0.3 is 28.4 Å². The van der Waals surface area contributed by atoms with Crippen LogP contribution in [0.5, 0.6) is 0 Å². The van der Waals surface area contributed by atoms with Gasteiger partial charge in [-0.3, -0.25) is 19.2 Å². The summed E-state index contributed by atoms with van der Waals surface area (Å²) in [7, 11) is 0.869. The minimum Gasteiger partial charge on any atom is -0.465 e. The highest BCUT2D eigenvalue weighted by molar-refractivity contribution is 5.78. The van der Waals surface area contributed by atoms with E-state index in [1.54, 1.807) is 0 Å². The lowest BCUT2D eigenvalue weighted by Gasteiger charge is -2.44. The van der Waals surface area contributed by atoms with Crippen molar-refractivity contribution in [1.82, 2.24) is 0 Å². The van der Waals surface area contributed by atoms with Crippen molar-refractivity contribution in [3.8, 4) is 0 Å². The van der Waals surface area contributed by atoms with Gasteiger partial charge in [0.1, 0.15) is 24.9 Å². The highest BCUT2D eigenvalue weighted by Crippen LogP contribution is 2.38. The van der Waals surface area contributed by atoms with Gasteiger partial charge in [0.15, 0.2) is 12.2 Å². The van der Waals surface area contributed by atoms with E-state index in [4.69, 9.17) is 29.2 Å². The first kappa shape index (κ1) is 27.6. The zero-order chi connectivity index (χ0) is 25.3. The molecule has 1 heterocycles. The van der Waals surface area contributed by atoms with Gasteiger partial charge in [0, 0.05) is 32.6 Å². The third-order valence-electron chi connectivity index (χ3n) is 4.26. The number of alkyl halides is 1. The van der Waals surface area contributed by atoms with Crippen molar-refractivity contribution in [1.29, 1.82) is 0 Å². The summed E-state index contributed by atoms with van der Waals surface area (Å²) in [6.07, 6.45) is -7.72. The molecule has 0 N–H and O–H groups in total. The number of esters is 5. The Morgan fingerprint density at radius 2 is 1.70 bits per heavy atom. The second-order valence-corrected chi connectivity index (χ2v) is 6.87. The standard InChI is InChI=1S/C18H24FN3O11/c1-8(23)29-7-13(31-10(3)25)15(32-11(4)26)16-14(21-22-20)12(30-9(2)24)6-18(19,33-16)17(27)28-5/h12-16H,6-7H2,1-5H3/t12-,13+,14+,15+,16+,18+/m0/s1. The van der Waals surface area contributed by atoms with Crippen LogP contribution in [-0.2, 0) is 52.4 Å². The average Bonchev–Trinajstić information content (AvgIpc) is 2.69. The van der Waals surface area contributed by atoms with Crippen molar-refractivity contribution in [3.63, 3.8) is 0 Å². The minimum absolute atomic E-state index is 0.675. The van der Waals surface area contributed by atoms with Crippen molar-refractivity contribution in [2.75, 3.05) is 13.7 Å². The Kier molecular flexibility index (Phi) is 10.0. The second kappa shape index (κ2) is 12.0. The summed E-state index contributed by atoms with van der Waals surface area (Å²) in [5, 5.41) is 3.46. The zero-order valence-corrected chi connectivity index (χ0v) is 18.5. The van der Waals surface area contributed by atoms with Gasteiger partial charge in [0.05, 0.1) is 13.5 Å². The molecular formula is C18H24FN3O11. The van der Waals surface area contributed by atoms with Gasteiger partial charge in [-0.2, -0.15) is 4.39 Å². The molecule has 0 aliphatic carbocycles. The van der Waals surface area contributed by atoms with E-state index < -0.39 is 79.2 Å². The Morgan fingerprint density at radius 3 is 2.15 bits per heavy atom. The number of ether oxygens (including phenoxy) is 6. The van der Waals surface area contributed by atoms with Gasteiger partial charge in [0.2, 0.25) is 0 Å². The molecule has 184 valence electrons. The predicted molar refractivity (Wildman–Crippen MR) is 102 cm³/mol. The lowest BCUT2D eigenvalue weighted by atomic mass is 9.89. The lowest BCUT2D eigenvalue weighted by Crippen LogP contribution is -2.63. The van der Waals surface area contributed by atoms with Crippen LogP contribution in [0, 0.1) is 0 Å². The van der Waals surface area contributed by atoms with E-state index in [1.807, 2.05) is 0 Å². The zero-order valence-electron chi connectivity index (χ0n) is 18.5. The van der Waals surface area contributed by atoms with Crippen molar-refractivity contribution in [2.45, 2.75) is 70.4 Å². The lowest BCUT2D eigenvalue weighted by molar-refractivity contribution is -0.271. The molecule has 6 atom stereocenters. The van der Waals surface area contributed by atoms with Crippen LogP contribution < -0.4 is 0 Å². The molecule has 1 fully saturated rings. The fourth-order valence-electron chi connectivity index (χ4n) is 3.15. The number of carbonyl (C=O) groups excluding carboxylic acids is 5. The summed E-state index contributed by atoms with van der Waals surface area (Å²) in [4.78, 5) is 61.0. The Hall–Kier alpha value is -3.45. The molecule has 0 spiro atoms. The van der Waals surface area contributed by atoms with Crippen molar-refractivity contribution in [3.05, 3.63) is 10.4 Å². The first-order valence-electron chi connectivity index (χ1n) is 9.49. The van der Waals surface area contributed by atoms with Gasteiger partial charge in [-0.15, -0.1) is 0 Å². The average molecular weight is 477 g/mol. The summed E-state index contributed by atoms with van der Waals surface area (Å²) in [6.45, 7) is 3.31. The topological polar surface area (TPSA) is 189 Å². The van der Waals surface area contributed by atoms with Gasteiger partial charge in [-0.25, -0.2) is 4.79 Å². The summed E-state index contributed by atoms with van der Waals surface area (Å²) in [5.41, 5.74) is 9.01. The number of hydrogen-bond acceptors (Lipinski definition) is 12. The first-order chi connectivity index (χ1) is 15.3. The normalized spacial score (nSPS) is 25.9. The maximum atomic E-state index is 15.5. The van der Waals surface area contributed by atoms with Crippen LogP contribution in [0.25, 0.3) is 10.4 Å². The molecule has 0 aromatic carbocycles. The van der Waals surface area contributed by atoms with E-state index in [0.29, 0.717) is 0 Å². The number of halogens is 1. The van der Waals surface area contributed by atoms with Gasteiger partial charge in [-0.1, -0.05) is 5.11 Å². The summed E-state index contributed by atoms with van der Waals surface area (Å²) >= 11 is 0. The van der Waals surface area contributed by atoms with Crippen LogP contribution in [0.4, 0.5) is 4.39 Å². The first-order valence-corrected chi connectivity index (χ1v) is 9.49. The van der Waals surface area contributed by atoms with Crippen molar-refractivity contribution in [2.24, 2.45) is 5.11 Å². The molecule has 1 aliphatic rings. The van der Waals surface area contributed by atoms with Crippen LogP contribution >= 0.6 is 0 Å². The molecule has 0 aromatic rings. The number of rotatable bonds is 9. The molecule has 0 amide bonds. The quantitative estimate of drug-likeness (QED) is 0.149. The van der Waals surface area contributed by atoms with Gasteiger partial charge in [-0.05, 0) is 5.53 Å². The molecular weight excluding hydrogens is 453 g/mol. The Balaban J connectivity index is 3.62. The van der Waals surface area contributed by atoms with Gasteiger partial charge >= 0.3 is 35.7 Å². The molecule has 0 radical (unpaired) electrons. The van der Waals surface area contributed by atoms with E-state index >= 15 is 4.39 Å². The predicted octanol–water partition coefficient (Wildman–Crippen LogP) is 0.651. The largest absolute Gasteiger partial charge is 0.465 e. The number of methoxy groups -OCH3 is 1. The van der Waals surface area contributed by atoms with E-state index in [0.717, 1.165) is 34.8 Å². The maximum absolute atomic E-state index is 15.5. The summed E-state index contributed by atoms with van der Waals surface area (Å²) in [5.74, 6) is -8.34. The number of nitrogens with zero attached hydrogens (tertiary/aromatic N) is 3. The Bertz CT molecular complexity index is 831. The van der Waals surface area contributed by atoms with E-state index in [1.165, 1.54) is 0 Å². The van der Waals surface area contributed by atoms with Gasteiger partial charge in [0.25, 0.3) is 0 Å². The Morgan fingerprint density at radius 1 is 1.09 bits per heavy atom. The molecule has 0 bridgehead atoms. The van der Waals surface area contributed by atoms with E-state index in [-0.39, 0.29) is 0 Å². The van der Waals surface area contributed by atoms with Crippen molar-refractivity contribution >= 4 is 29.8 Å². The molecule has 0 saturated carbocycles. The fraction of sp³-hybridized carbons (Fsp3) is 0.722. The monoisotopic (exact) mass is 477 g/mol. The molecule has 15 heteroatoms. The van der Waals surface area contributed by atoms with Crippen LogP contribution in [0.3, 0.4) is 0 Å². The number of hydrogen-bond donors (Lipinski definition) is 0. The van der Waals surface area contributed by atoms with Crippen LogP contribution in [0.15, 0.2) is 5.11 Å². The number of carbonyl (C=O) groups is 5. The third kappa shape index (κ3) is 7.88. The summed E-state index contributed by atoms with van der Waals surface area (Å²) in [6, 6.07) is -1.56. The smallest absolute Gasteiger partial charge is 0.371 e. The SMILES string of the molecule is COC(=O)[C@@]1(F)C[C@H](OC(C)=O)[C@@H](N=[N+]=[N-])[C@H]([C@H](OC(C)=O)[C@@H](COC(C)=O)OC(C)=O)O1. The van der Waals surface area contributed by atoms with Crippen LogP contribution in [-0.4, -0.2) is 79.9 Å². The molecule has 33 heavy (non-hydrogen) atoms. The summed E-state index contributed by atoms with van der Waals surface area (Å²) < 4.78 is 45.2. The van der Waals surface area contributed by atoms with E-state index in [2.05, 4.69) is 14.8 Å². The fourth-order valence-corrected chi connectivity index (χ4v) is 3.15. The highest BCUT2D eigenvalue weighted by atomic mass is 19.2. The highest BCUT2D eigenvalue weighted by Gasteiger charge is 2.58. The minimum atomic E-state index is -3.23. The molecule has 1 aliphatic heterocycles. The van der Waals surface area contributed by atoms with Crippen molar-refractivity contribution < 1.29 is 56.8 Å². The third-order valence-corrected chi connectivity index (χ3v) is 4.26. The second-order valence-electron chi connectivity index (χ2n) is 6.87. The molecule has 0 aromatic heterocycles. The van der Waals surface area contributed by atoms with Crippen LogP contribution in [0.2, 0.25) is 0 Å². The number of azide groups is 1. The molecule has 1 rings (SSSR count). The van der Waals surface area contributed by atoms with Crippen LogP contribution in [0.1, 0.15) is 34.1 Å². The molecule has 1 saturated heterocycles. The molecule has 14 nitrogen and oxygen atoms in total. The molecule has 0 unspecified atom stereocenters. The van der Waals surface area contributed by atoms with E-state index in [9.17, 15) is 24.0 Å². The Labute approximate surface area is 187 Å². The maximum Gasteiger partial charge on any atom is 0.371 e.